The molecular formula is C17H25Cl. The van der Waals surface area contributed by atoms with Crippen molar-refractivity contribution in [1.29, 1.82) is 0 Å². The van der Waals surface area contributed by atoms with Gasteiger partial charge in [-0.2, -0.15) is 0 Å². The van der Waals surface area contributed by atoms with E-state index in [-0.39, 0.29) is 5.38 Å². The summed E-state index contributed by atoms with van der Waals surface area (Å²) in [7, 11) is 0. The molecule has 1 atom stereocenters. The first-order chi connectivity index (χ1) is 8.66. The SMILES string of the molecule is Cc1ccc(C)c(C(Cl)CC2CCCCCC2)c1. The summed E-state index contributed by atoms with van der Waals surface area (Å²) in [4.78, 5) is 0. The molecule has 100 valence electrons. The summed E-state index contributed by atoms with van der Waals surface area (Å²) in [6.45, 7) is 4.33. The quantitative estimate of drug-likeness (QED) is 0.468. The fourth-order valence-electron chi connectivity index (χ4n) is 3.12. The minimum absolute atomic E-state index is 0.202. The van der Waals surface area contributed by atoms with E-state index in [2.05, 4.69) is 32.0 Å². The summed E-state index contributed by atoms with van der Waals surface area (Å²) in [5.74, 6) is 0.843. The lowest BCUT2D eigenvalue weighted by Gasteiger charge is -2.20. The van der Waals surface area contributed by atoms with E-state index in [1.165, 1.54) is 55.2 Å². The molecule has 0 heterocycles. The monoisotopic (exact) mass is 264 g/mol. The molecule has 0 aliphatic heterocycles. The minimum Gasteiger partial charge on any atom is -0.118 e. The number of hydrogen-bond acceptors (Lipinski definition) is 0. The van der Waals surface area contributed by atoms with Gasteiger partial charge >= 0.3 is 0 Å². The third kappa shape index (κ3) is 3.75. The van der Waals surface area contributed by atoms with Crippen molar-refractivity contribution in [3.05, 3.63) is 34.9 Å². The molecule has 1 heteroatoms. The number of hydrogen-bond donors (Lipinski definition) is 0. The van der Waals surface area contributed by atoms with Gasteiger partial charge in [-0.05, 0) is 37.3 Å². The first-order valence-corrected chi connectivity index (χ1v) is 7.81. The van der Waals surface area contributed by atoms with E-state index < -0.39 is 0 Å². The van der Waals surface area contributed by atoms with Crippen LogP contribution in [-0.2, 0) is 0 Å². The third-order valence-electron chi connectivity index (χ3n) is 4.29. The Hall–Kier alpha value is -0.490. The molecule has 0 saturated heterocycles. The van der Waals surface area contributed by atoms with E-state index >= 15 is 0 Å². The fraction of sp³-hybridized carbons (Fsp3) is 0.647. The molecule has 0 radical (unpaired) electrons. The molecule has 0 amide bonds. The van der Waals surface area contributed by atoms with Crippen LogP contribution < -0.4 is 0 Å². The molecule has 0 spiro atoms. The molecule has 0 bridgehead atoms. The summed E-state index contributed by atoms with van der Waals surface area (Å²) in [6.07, 6.45) is 9.58. The zero-order valence-corrected chi connectivity index (χ0v) is 12.5. The second kappa shape index (κ2) is 6.61. The highest BCUT2D eigenvalue weighted by molar-refractivity contribution is 6.20. The Bertz CT molecular complexity index is 375. The lowest BCUT2D eigenvalue weighted by Crippen LogP contribution is -2.04. The van der Waals surface area contributed by atoms with Crippen molar-refractivity contribution in [3.8, 4) is 0 Å². The molecule has 1 unspecified atom stereocenters. The minimum atomic E-state index is 0.202. The van der Waals surface area contributed by atoms with E-state index in [4.69, 9.17) is 11.6 Å². The zero-order valence-electron chi connectivity index (χ0n) is 11.7. The highest BCUT2D eigenvalue weighted by atomic mass is 35.5. The summed E-state index contributed by atoms with van der Waals surface area (Å²) >= 11 is 6.67. The molecule has 1 saturated carbocycles. The van der Waals surface area contributed by atoms with Gasteiger partial charge in [0.05, 0.1) is 5.38 Å². The van der Waals surface area contributed by atoms with Gasteiger partial charge in [0.1, 0.15) is 0 Å². The number of benzene rings is 1. The van der Waals surface area contributed by atoms with Crippen LogP contribution in [0.5, 0.6) is 0 Å². The molecule has 0 nitrogen and oxygen atoms in total. The van der Waals surface area contributed by atoms with Crippen LogP contribution in [0.2, 0.25) is 0 Å². The predicted molar refractivity (Wildman–Crippen MR) is 80.3 cm³/mol. The van der Waals surface area contributed by atoms with E-state index in [1.807, 2.05) is 0 Å². The average Bonchev–Trinajstić information content (AvgIpc) is 2.61. The average molecular weight is 265 g/mol. The van der Waals surface area contributed by atoms with Gasteiger partial charge in [-0.25, -0.2) is 0 Å². The predicted octanol–water partition coefficient (Wildman–Crippen LogP) is 5.94. The second-order valence-electron chi connectivity index (χ2n) is 5.92. The molecule has 1 aromatic carbocycles. The van der Waals surface area contributed by atoms with Crippen molar-refractivity contribution >= 4 is 11.6 Å². The first kappa shape index (κ1) is 13.9. The van der Waals surface area contributed by atoms with Crippen molar-refractivity contribution in [3.63, 3.8) is 0 Å². The number of halogens is 1. The van der Waals surface area contributed by atoms with E-state index in [0.717, 1.165) is 12.3 Å². The van der Waals surface area contributed by atoms with Crippen molar-refractivity contribution in [2.24, 2.45) is 5.92 Å². The van der Waals surface area contributed by atoms with Crippen LogP contribution in [0.15, 0.2) is 18.2 Å². The van der Waals surface area contributed by atoms with Crippen LogP contribution in [-0.4, -0.2) is 0 Å². The molecular weight excluding hydrogens is 240 g/mol. The third-order valence-corrected chi connectivity index (χ3v) is 4.70. The second-order valence-corrected chi connectivity index (χ2v) is 6.45. The Morgan fingerprint density at radius 1 is 1.11 bits per heavy atom. The molecule has 2 rings (SSSR count). The summed E-state index contributed by atoms with van der Waals surface area (Å²) in [6, 6.07) is 6.64. The van der Waals surface area contributed by atoms with Crippen molar-refractivity contribution in [2.75, 3.05) is 0 Å². The van der Waals surface area contributed by atoms with Gasteiger partial charge in [0.25, 0.3) is 0 Å². The van der Waals surface area contributed by atoms with E-state index in [9.17, 15) is 0 Å². The highest BCUT2D eigenvalue weighted by Gasteiger charge is 2.19. The Kier molecular flexibility index (Phi) is 5.12. The van der Waals surface area contributed by atoms with Gasteiger partial charge in [-0.3, -0.25) is 0 Å². The van der Waals surface area contributed by atoms with Crippen molar-refractivity contribution < 1.29 is 0 Å². The number of alkyl halides is 1. The maximum Gasteiger partial charge on any atom is 0.0590 e. The van der Waals surface area contributed by atoms with Crippen LogP contribution in [0.1, 0.15) is 67.0 Å². The van der Waals surface area contributed by atoms with Gasteiger partial charge in [0.2, 0.25) is 0 Å². The first-order valence-electron chi connectivity index (χ1n) is 7.38. The van der Waals surface area contributed by atoms with Crippen LogP contribution in [0.4, 0.5) is 0 Å². The topological polar surface area (TPSA) is 0 Å². The van der Waals surface area contributed by atoms with Crippen LogP contribution >= 0.6 is 11.6 Å². The maximum absolute atomic E-state index is 6.67. The molecule has 18 heavy (non-hydrogen) atoms. The molecule has 0 aromatic heterocycles. The molecule has 0 N–H and O–H groups in total. The lowest BCUT2D eigenvalue weighted by molar-refractivity contribution is 0.422. The van der Waals surface area contributed by atoms with Crippen LogP contribution in [0.25, 0.3) is 0 Å². The van der Waals surface area contributed by atoms with Gasteiger partial charge in [0, 0.05) is 0 Å². The summed E-state index contributed by atoms with van der Waals surface area (Å²) in [5, 5.41) is 0.202. The standard InChI is InChI=1S/C17H25Cl/c1-13-9-10-14(2)16(11-13)17(18)12-15-7-5-3-4-6-8-15/h9-11,15,17H,3-8,12H2,1-2H3. The Balaban J connectivity index is 2.01. The number of aryl methyl sites for hydroxylation is 2. The molecule has 1 aliphatic carbocycles. The van der Waals surface area contributed by atoms with Crippen molar-refractivity contribution in [2.45, 2.75) is 64.2 Å². The van der Waals surface area contributed by atoms with Crippen molar-refractivity contribution in [1.82, 2.24) is 0 Å². The van der Waals surface area contributed by atoms with Gasteiger partial charge in [-0.1, -0.05) is 62.3 Å². The summed E-state index contributed by atoms with van der Waals surface area (Å²) in [5.41, 5.74) is 4.01. The zero-order chi connectivity index (χ0) is 13.0. The van der Waals surface area contributed by atoms with Gasteiger partial charge in [0.15, 0.2) is 0 Å². The molecule has 1 fully saturated rings. The largest absolute Gasteiger partial charge is 0.118 e. The smallest absolute Gasteiger partial charge is 0.0590 e. The van der Waals surface area contributed by atoms with Crippen LogP contribution in [0.3, 0.4) is 0 Å². The highest BCUT2D eigenvalue weighted by Crippen LogP contribution is 2.35. The number of rotatable bonds is 3. The molecule has 1 aliphatic rings. The normalized spacial score (nSPS) is 19.5. The van der Waals surface area contributed by atoms with Crippen LogP contribution in [0, 0.1) is 19.8 Å². The van der Waals surface area contributed by atoms with Gasteiger partial charge < -0.3 is 0 Å². The fourth-order valence-corrected chi connectivity index (χ4v) is 3.60. The molecule has 1 aromatic rings. The van der Waals surface area contributed by atoms with E-state index in [1.54, 1.807) is 0 Å². The van der Waals surface area contributed by atoms with E-state index in [0.29, 0.717) is 0 Å². The van der Waals surface area contributed by atoms with Gasteiger partial charge in [-0.15, -0.1) is 11.6 Å². The Morgan fingerprint density at radius 3 is 2.44 bits per heavy atom. The Morgan fingerprint density at radius 2 is 1.78 bits per heavy atom. The summed E-state index contributed by atoms with van der Waals surface area (Å²) < 4.78 is 0. The maximum atomic E-state index is 6.67. The Labute approximate surface area is 117 Å². The lowest BCUT2D eigenvalue weighted by atomic mass is 9.91.